The molecule has 1 fully saturated rings. The van der Waals surface area contributed by atoms with Crippen molar-refractivity contribution in [2.45, 2.75) is 4.90 Å². The Bertz CT molecular complexity index is 1070. The lowest BCUT2D eigenvalue weighted by molar-refractivity contribution is 0.0730. The average molecular weight is 471 g/mol. The third kappa shape index (κ3) is 5.37. The molecule has 0 radical (unpaired) electrons. The van der Waals surface area contributed by atoms with Crippen LogP contribution in [0.3, 0.4) is 0 Å². The van der Waals surface area contributed by atoms with Crippen LogP contribution >= 0.6 is 23.8 Å². The highest BCUT2D eigenvalue weighted by Gasteiger charge is 2.26. The summed E-state index contributed by atoms with van der Waals surface area (Å²) in [6.45, 7) is 1.26. The first kappa shape index (κ1) is 22.2. The molecular weight excluding hydrogens is 452 g/mol. The first-order valence-corrected chi connectivity index (χ1v) is 11.0. The van der Waals surface area contributed by atoms with Crippen molar-refractivity contribution in [2.24, 2.45) is 5.10 Å². The number of nitrogens with one attached hydrogen (secondary N) is 2. The first-order valence-electron chi connectivity index (χ1n) is 8.77. The minimum absolute atomic E-state index is 0.0624. The van der Waals surface area contributed by atoms with Gasteiger partial charge in [0.1, 0.15) is 11.5 Å². The van der Waals surface area contributed by atoms with Crippen molar-refractivity contribution in [1.82, 2.24) is 9.73 Å². The molecule has 0 spiro atoms. The van der Waals surface area contributed by atoms with Crippen LogP contribution in [0.4, 0.5) is 5.69 Å². The Balaban J connectivity index is 1.69. The van der Waals surface area contributed by atoms with Crippen LogP contribution in [-0.4, -0.2) is 60.6 Å². The number of morpholine rings is 1. The standard InChI is InChI=1S/C18H19ClN4O5S2/c19-15-4-3-14(30(26,27)23-5-7-28-8-6-23)10-16(15)21-18(29)22-20-11-12-1-2-13(24)9-17(12)25/h1-4,9-11,24-25H,5-8H2,(H2,21,22,29). The second-order valence-corrected chi connectivity index (χ2v) is 8.98. The molecular formula is C18H19ClN4O5S2. The summed E-state index contributed by atoms with van der Waals surface area (Å²) in [4.78, 5) is 0.0802. The molecule has 2 aromatic rings. The van der Waals surface area contributed by atoms with E-state index in [1.807, 2.05) is 0 Å². The number of ether oxygens (including phenoxy) is 1. The largest absolute Gasteiger partial charge is 0.508 e. The predicted molar refractivity (Wildman–Crippen MR) is 118 cm³/mol. The Labute approximate surface area is 184 Å². The van der Waals surface area contributed by atoms with Gasteiger partial charge in [-0.25, -0.2) is 8.42 Å². The fraction of sp³-hybridized carbons (Fsp3) is 0.222. The van der Waals surface area contributed by atoms with Crippen molar-refractivity contribution < 1.29 is 23.4 Å². The molecule has 1 aliphatic heterocycles. The van der Waals surface area contributed by atoms with Crippen LogP contribution in [0, 0.1) is 0 Å². The Morgan fingerprint density at radius 2 is 1.93 bits per heavy atom. The zero-order valence-corrected chi connectivity index (χ0v) is 18.0. The van der Waals surface area contributed by atoms with Crippen molar-refractivity contribution in [1.29, 1.82) is 0 Å². The van der Waals surface area contributed by atoms with E-state index in [0.29, 0.717) is 24.5 Å². The van der Waals surface area contributed by atoms with Crippen molar-refractivity contribution in [2.75, 3.05) is 31.6 Å². The van der Waals surface area contributed by atoms with Gasteiger partial charge in [0.2, 0.25) is 10.0 Å². The average Bonchev–Trinajstić information content (AvgIpc) is 2.72. The van der Waals surface area contributed by atoms with Crippen LogP contribution in [0.5, 0.6) is 11.5 Å². The molecule has 2 aromatic carbocycles. The van der Waals surface area contributed by atoms with Gasteiger partial charge < -0.3 is 20.3 Å². The second kappa shape index (κ2) is 9.58. The van der Waals surface area contributed by atoms with Crippen molar-refractivity contribution in [3.8, 4) is 11.5 Å². The van der Waals surface area contributed by atoms with E-state index in [9.17, 15) is 18.6 Å². The fourth-order valence-corrected chi connectivity index (χ4v) is 4.41. The number of benzene rings is 2. The summed E-state index contributed by atoms with van der Waals surface area (Å²) in [6, 6.07) is 8.35. The maximum Gasteiger partial charge on any atom is 0.243 e. The van der Waals surface area contributed by atoms with E-state index in [-0.39, 0.29) is 39.6 Å². The van der Waals surface area contributed by atoms with E-state index in [4.69, 9.17) is 28.6 Å². The molecule has 0 saturated carbocycles. The van der Waals surface area contributed by atoms with Gasteiger partial charge in [-0.05, 0) is 42.5 Å². The Kier molecular flexibility index (Phi) is 7.10. The summed E-state index contributed by atoms with van der Waals surface area (Å²) in [7, 11) is -3.69. The molecule has 9 nitrogen and oxygen atoms in total. The highest BCUT2D eigenvalue weighted by molar-refractivity contribution is 7.89. The van der Waals surface area contributed by atoms with Gasteiger partial charge in [-0.2, -0.15) is 9.41 Å². The molecule has 0 aromatic heterocycles. The molecule has 0 bridgehead atoms. The molecule has 0 unspecified atom stereocenters. The number of aromatic hydroxyl groups is 2. The van der Waals surface area contributed by atoms with Crippen LogP contribution in [0.2, 0.25) is 5.02 Å². The Hall–Kier alpha value is -2.44. The van der Waals surface area contributed by atoms with Crippen LogP contribution in [-0.2, 0) is 14.8 Å². The fourth-order valence-electron chi connectivity index (χ4n) is 2.65. The number of phenols is 2. The number of sulfonamides is 1. The Morgan fingerprint density at radius 3 is 2.63 bits per heavy atom. The van der Waals surface area contributed by atoms with Gasteiger partial charge in [-0.15, -0.1) is 0 Å². The van der Waals surface area contributed by atoms with Gasteiger partial charge in [0.05, 0.1) is 35.0 Å². The zero-order valence-electron chi connectivity index (χ0n) is 15.6. The molecule has 30 heavy (non-hydrogen) atoms. The summed E-state index contributed by atoms with van der Waals surface area (Å²) in [6.07, 6.45) is 1.31. The van der Waals surface area contributed by atoms with Crippen LogP contribution in [0.1, 0.15) is 5.56 Å². The topological polar surface area (TPSA) is 123 Å². The van der Waals surface area contributed by atoms with E-state index in [2.05, 4.69) is 15.8 Å². The maximum atomic E-state index is 12.8. The van der Waals surface area contributed by atoms with Crippen LogP contribution in [0.15, 0.2) is 46.4 Å². The third-order valence-electron chi connectivity index (χ3n) is 4.18. The molecule has 1 aliphatic rings. The SMILES string of the molecule is O=S(=O)(c1ccc(Cl)c(NC(=S)NN=Cc2ccc(O)cc2O)c1)N1CCOCC1. The van der Waals surface area contributed by atoms with Crippen LogP contribution < -0.4 is 10.7 Å². The van der Waals surface area contributed by atoms with E-state index < -0.39 is 10.0 Å². The van der Waals surface area contributed by atoms with E-state index in [1.54, 1.807) is 0 Å². The quantitative estimate of drug-likeness (QED) is 0.297. The third-order valence-corrected chi connectivity index (χ3v) is 6.60. The molecule has 160 valence electrons. The van der Waals surface area contributed by atoms with Gasteiger partial charge in [-0.3, -0.25) is 5.43 Å². The van der Waals surface area contributed by atoms with Crippen LogP contribution in [0.25, 0.3) is 0 Å². The summed E-state index contributed by atoms with van der Waals surface area (Å²) in [5.41, 5.74) is 3.21. The minimum atomic E-state index is -3.69. The van der Waals surface area contributed by atoms with Gasteiger partial charge in [0, 0.05) is 24.7 Å². The molecule has 1 heterocycles. The lowest BCUT2D eigenvalue weighted by Crippen LogP contribution is -2.40. The van der Waals surface area contributed by atoms with Crippen molar-refractivity contribution in [3.05, 3.63) is 47.0 Å². The summed E-state index contributed by atoms with van der Waals surface area (Å²) >= 11 is 11.3. The second-order valence-electron chi connectivity index (χ2n) is 6.23. The summed E-state index contributed by atoms with van der Waals surface area (Å²) < 4.78 is 32.2. The highest BCUT2D eigenvalue weighted by atomic mass is 35.5. The number of halogens is 1. The van der Waals surface area contributed by atoms with Gasteiger partial charge >= 0.3 is 0 Å². The lowest BCUT2D eigenvalue weighted by Gasteiger charge is -2.26. The molecule has 4 N–H and O–H groups in total. The highest BCUT2D eigenvalue weighted by Crippen LogP contribution is 2.27. The van der Waals surface area contributed by atoms with E-state index >= 15 is 0 Å². The molecule has 0 aliphatic carbocycles. The Morgan fingerprint density at radius 1 is 1.20 bits per heavy atom. The molecule has 1 saturated heterocycles. The van der Waals surface area contributed by atoms with E-state index in [0.717, 1.165) is 0 Å². The van der Waals surface area contributed by atoms with Crippen molar-refractivity contribution >= 4 is 50.9 Å². The number of nitrogens with zero attached hydrogens (tertiary/aromatic N) is 2. The number of anilines is 1. The van der Waals surface area contributed by atoms with Gasteiger partial charge in [0.25, 0.3) is 0 Å². The zero-order chi connectivity index (χ0) is 21.7. The molecule has 0 amide bonds. The van der Waals surface area contributed by atoms with Gasteiger partial charge in [0.15, 0.2) is 5.11 Å². The van der Waals surface area contributed by atoms with Crippen molar-refractivity contribution in [3.63, 3.8) is 0 Å². The number of thiocarbonyl (C=S) groups is 1. The minimum Gasteiger partial charge on any atom is -0.508 e. The molecule has 0 atom stereocenters. The number of hydrogen-bond donors (Lipinski definition) is 4. The number of hydrogen-bond acceptors (Lipinski definition) is 7. The molecule has 12 heteroatoms. The van der Waals surface area contributed by atoms with E-state index in [1.165, 1.54) is 46.9 Å². The smallest absolute Gasteiger partial charge is 0.243 e. The molecule has 3 rings (SSSR count). The maximum absolute atomic E-state index is 12.8. The predicted octanol–water partition coefficient (Wildman–Crippen LogP) is 2.09. The summed E-state index contributed by atoms with van der Waals surface area (Å²) in [5.74, 6) is -0.222. The number of hydrazone groups is 1. The number of rotatable bonds is 5. The summed E-state index contributed by atoms with van der Waals surface area (Å²) in [5, 5.41) is 26.1. The monoisotopic (exact) mass is 470 g/mol. The number of phenolic OH excluding ortho intramolecular Hbond substituents is 2. The normalized spacial score (nSPS) is 15.2. The lowest BCUT2D eigenvalue weighted by atomic mass is 10.2. The first-order chi connectivity index (χ1) is 14.3. The van der Waals surface area contributed by atoms with Gasteiger partial charge in [-0.1, -0.05) is 11.6 Å².